The van der Waals surface area contributed by atoms with Crippen molar-refractivity contribution in [1.29, 1.82) is 0 Å². The van der Waals surface area contributed by atoms with Crippen molar-refractivity contribution in [3.8, 4) is 0 Å². The van der Waals surface area contributed by atoms with E-state index in [2.05, 4.69) is 34.1 Å². The van der Waals surface area contributed by atoms with E-state index in [4.69, 9.17) is 0 Å². The molecular formula is C19H22N2O. The van der Waals surface area contributed by atoms with Gasteiger partial charge < -0.3 is 4.98 Å². The molecule has 0 bridgehead atoms. The van der Waals surface area contributed by atoms with Crippen LogP contribution in [0.3, 0.4) is 0 Å². The zero-order valence-corrected chi connectivity index (χ0v) is 12.8. The minimum Gasteiger partial charge on any atom is -0.357 e. The molecule has 0 amide bonds. The number of carbonyl (C=O) groups is 1. The summed E-state index contributed by atoms with van der Waals surface area (Å²) in [6.07, 6.45) is 5.08. The maximum Gasteiger partial charge on any atom is 0.133 e. The van der Waals surface area contributed by atoms with E-state index < -0.39 is 0 Å². The number of Topliss-reactive ketones (excluding diaryl/α,β-unsaturated/α-hetero) is 1. The first-order valence-electron chi connectivity index (χ1n) is 8.65. The number of hydrogen-bond donors (Lipinski definition) is 1. The molecule has 2 aliphatic heterocycles. The van der Waals surface area contributed by atoms with Crippen molar-refractivity contribution < 1.29 is 4.79 Å². The summed E-state index contributed by atoms with van der Waals surface area (Å²) in [7, 11) is 0. The van der Waals surface area contributed by atoms with Crippen molar-refractivity contribution in [3.63, 3.8) is 0 Å². The third kappa shape index (κ3) is 1.81. The minimum absolute atomic E-state index is 0.488. The Balaban J connectivity index is 1.54. The lowest BCUT2D eigenvalue weighted by Crippen LogP contribution is -2.47. The predicted molar refractivity (Wildman–Crippen MR) is 86.8 cm³/mol. The number of carbonyl (C=O) groups excluding carboxylic acids is 1. The molecule has 5 rings (SSSR count). The minimum atomic E-state index is 0.488. The highest BCUT2D eigenvalue weighted by atomic mass is 16.1. The number of ketones is 1. The van der Waals surface area contributed by atoms with Gasteiger partial charge in [0.25, 0.3) is 0 Å². The molecule has 0 unspecified atom stereocenters. The number of rotatable bonds is 0. The summed E-state index contributed by atoms with van der Waals surface area (Å²) < 4.78 is 0. The van der Waals surface area contributed by atoms with Crippen LogP contribution >= 0.6 is 0 Å². The van der Waals surface area contributed by atoms with E-state index in [1.165, 1.54) is 35.2 Å². The Kier molecular flexibility index (Phi) is 2.75. The lowest BCUT2D eigenvalue weighted by atomic mass is 9.71. The highest BCUT2D eigenvalue weighted by Gasteiger charge is 2.42. The monoisotopic (exact) mass is 294 g/mol. The Morgan fingerprint density at radius 1 is 1.14 bits per heavy atom. The Morgan fingerprint density at radius 3 is 3.00 bits per heavy atom. The van der Waals surface area contributed by atoms with Gasteiger partial charge in [-0.15, -0.1) is 0 Å². The van der Waals surface area contributed by atoms with Gasteiger partial charge in [0.05, 0.1) is 6.04 Å². The van der Waals surface area contributed by atoms with E-state index in [-0.39, 0.29) is 0 Å². The van der Waals surface area contributed by atoms with Crippen LogP contribution in [0.2, 0.25) is 0 Å². The van der Waals surface area contributed by atoms with Crippen molar-refractivity contribution in [3.05, 3.63) is 35.5 Å². The van der Waals surface area contributed by atoms with Gasteiger partial charge >= 0.3 is 0 Å². The van der Waals surface area contributed by atoms with Gasteiger partial charge in [-0.2, -0.15) is 0 Å². The van der Waals surface area contributed by atoms with E-state index in [9.17, 15) is 4.79 Å². The molecule has 22 heavy (non-hydrogen) atoms. The highest BCUT2D eigenvalue weighted by molar-refractivity contribution is 5.85. The van der Waals surface area contributed by atoms with Crippen LogP contribution in [0.1, 0.15) is 43.0 Å². The van der Waals surface area contributed by atoms with Gasteiger partial charge in [-0.25, -0.2) is 0 Å². The van der Waals surface area contributed by atoms with E-state index in [1.54, 1.807) is 0 Å². The molecule has 1 aliphatic carbocycles. The molecule has 1 saturated heterocycles. The third-order valence-corrected chi connectivity index (χ3v) is 6.22. The third-order valence-electron chi connectivity index (χ3n) is 6.22. The smallest absolute Gasteiger partial charge is 0.133 e. The fourth-order valence-corrected chi connectivity index (χ4v) is 5.10. The van der Waals surface area contributed by atoms with Crippen LogP contribution in [0.5, 0.6) is 0 Å². The summed E-state index contributed by atoms with van der Waals surface area (Å²) in [4.78, 5) is 18.2. The van der Waals surface area contributed by atoms with Crippen LogP contribution in [0, 0.1) is 11.8 Å². The number of hydrogen-bond acceptors (Lipinski definition) is 2. The van der Waals surface area contributed by atoms with Crippen molar-refractivity contribution >= 4 is 16.7 Å². The fourth-order valence-electron chi connectivity index (χ4n) is 5.10. The van der Waals surface area contributed by atoms with Crippen LogP contribution in [0.15, 0.2) is 24.3 Å². The molecule has 0 spiro atoms. The number of piperidine rings is 1. The molecule has 3 heteroatoms. The van der Waals surface area contributed by atoms with Crippen molar-refractivity contribution in [2.45, 2.75) is 38.1 Å². The topological polar surface area (TPSA) is 36.1 Å². The zero-order chi connectivity index (χ0) is 14.7. The number of aromatic nitrogens is 1. The molecule has 1 aromatic carbocycles. The van der Waals surface area contributed by atoms with Crippen LogP contribution in [0.4, 0.5) is 0 Å². The highest BCUT2D eigenvalue weighted by Crippen LogP contribution is 2.46. The first-order chi connectivity index (χ1) is 10.8. The maximum atomic E-state index is 11.8. The van der Waals surface area contributed by atoms with Gasteiger partial charge in [0.2, 0.25) is 0 Å². The molecule has 114 valence electrons. The Morgan fingerprint density at radius 2 is 2.05 bits per heavy atom. The summed E-state index contributed by atoms with van der Waals surface area (Å²) in [6.45, 7) is 2.37. The molecular weight excluding hydrogens is 272 g/mol. The summed E-state index contributed by atoms with van der Waals surface area (Å²) in [5.74, 6) is 1.85. The number of benzene rings is 1. The van der Waals surface area contributed by atoms with Gasteiger partial charge in [0.15, 0.2) is 0 Å². The van der Waals surface area contributed by atoms with Crippen LogP contribution in [-0.2, 0) is 11.2 Å². The number of nitrogens with zero attached hydrogens (tertiary/aromatic N) is 1. The first-order valence-corrected chi connectivity index (χ1v) is 8.65. The van der Waals surface area contributed by atoms with E-state index in [1.807, 2.05) is 0 Å². The number of aromatic amines is 1. The average Bonchev–Trinajstić information content (AvgIpc) is 2.92. The quantitative estimate of drug-likeness (QED) is 0.808. The van der Waals surface area contributed by atoms with Gasteiger partial charge in [-0.1, -0.05) is 18.2 Å². The maximum absolute atomic E-state index is 11.8. The number of para-hydroxylation sites is 1. The normalized spacial score (nSPS) is 31.6. The van der Waals surface area contributed by atoms with Gasteiger partial charge in [0, 0.05) is 42.5 Å². The molecule has 1 saturated carbocycles. The number of H-pyrrole nitrogens is 1. The summed E-state index contributed by atoms with van der Waals surface area (Å²) >= 11 is 0. The van der Waals surface area contributed by atoms with Crippen molar-refractivity contribution in [2.24, 2.45) is 11.8 Å². The van der Waals surface area contributed by atoms with E-state index in [0.29, 0.717) is 17.7 Å². The number of nitrogens with one attached hydrogen (secondary N) is 1. The standard InChI is InChI=1S/C19H22N2O/c22-14-6-5-12-11-21-8-7-16-15-3-1-2-4-17(15)20-19(16)18(21)10-13(12)9-14/h1-4,12-13,18,20H,5-11H2/t12-,13-,18+/m1/s1. The molecule has 3 aliphatic rings. The fraction of sp³-hybridized carbons (Fsp3) is 0.526. The van der Waals surface area contributed by atoms with E-state index >= 15 is 0 Å². The SMILES string of the molecule is O=C1CC[C@@H]2CN3CCc4c([nH]c5ccccc45)[C@@H]3C[C@H]2C1. The van der Waals surface area contributed by atoms with Crippen LogP contribution in [0.25, 0.3) is 10.9 Å². The van der Waals surface area contributed by atoms with Gasteiger partial charge in [-0.05, 0) is 42.7 Å². The molecule has 3 nitrogen and oxygen atoms in total. The summed E-state index contributed by atoms with van der Waals surface area (Å²) in [5, 5.41) is 1.40. The largest absolute Gasteiger partial charge is 0.357 e. The van der Waals surface area contributed by atoms with Gasteiger partial charge in [0.1, 0.15) is 5.78 Å². The average molecular weight is 294 g/mol. The molecule has 3 atom stereocenters. The second-order valence-electron chi connectivity index (χ2n) is 7.36. The number of fused-ring (bicyclic) bond motifs is 6. The predicted octanol–water partition coefficient (Wildman–Crippen LogP) is 3.46. The van der Waals surface area contributed by atoms with Crippen LogP contribution in [-0.4, -0.2) is 28.8 Å². The van der Waals surface area contributed by atoms with Crippen molar-refractivity contribution in [1.82, 2.24) is 9.88 Å². The summed E-state index contributed by atoms with van der Waals surface area (Å²) in [6, 6.07) is 9.19. The first kappa shape index (κ1) is 12.9. The zero-order valence-electron chi connectivity index (χ0n) is 12.8. The molecule has 1 N–H and O–H groups in total. The molecule has 1 aromatic heterocycles. The molecule has 2 aromatic rings. The Bertz CT molecular complexity index is 747. The molecule has 2 fully saturated rings. The van der Waals surface area contributed by atoms with Crippen molar-refractivity contribution in [2.75, 3.05) is 13.1 Å². The van der Waals surface area contributed by atoms with Gasteiger partial charge in [-0.3, -0.25) is 9.69 Å². The molecule has 3 heterocycles. The molecule has 0 radical (unpaired) electrons. The Hall–Kier alpha value is -1.61. The Labute approximate surface area is 130 Å². The van der Waals surface area contributed by atoms with E-state index in [0.717, 1.165) is 38.0 Å². The second-order valence-corrected chi connectivity index (χ2v) is 7.36. The lowest BCUT2D eigenvalue weighted by molar-refractivity contribution is -0.124. The summed E-state index contributed by atoms with van der Waals surface area (Å²) in [5.41, 5.74) is 4.23. The lowest BCUT2D eigenvalue weighted by Gasteiger charge is -2.47. The second kappa shape index (κ2) is 4.69. The van der Waals surface area contributed by atoms with Crippen LogP contribution < -0.4 is 0 Å².